The van der Waals surface area contributed by atoms with E-state index in [1.807, 2.05) is 49.4 Å². The molecule has 21 heavy (non-hydrogen) atoms. The minimum Gasteiger partial charge on any atom is -0.281 e. The van der Waals surface area contributed by atoms with Crippen molar-refractivity contribution in [3.8, 4) is 0 Å². The van der Waals surface area contributed by atoms with Crippen molar-refractivity contribution in [2.24, 2.45) is 0 Å². The first-order valence-electron chi connectivity index (χ1n) is 6.61. The van der Waals surface area contributed by atoms with Crippen LogP contribution in [0.2, 0.25) is 0 Å². The zero-order valence-electron chi connectivity index (χ0n) is 11.5. The molecular weight excluding hydrogens is 264 g/mol. The van der Waals surface area contributed by atoms with Crippen LogP contribution in [-0.4, -0.2) is 16.1 Å². The Bertz CT molecular complexity index is 797. The molecule has 3 rings (SSSR count). The second-order valence-electron chi connectivity index (χ2n) is 4.84. The average molecular weight is 278 g/mol. The third-order valence-electron chi connectivity index (χ3n) is 3.29. The van der Waals surface area contributed by atoms with Crippen molar-refractivity contribution in [2.75, 3.05) is 5.06 Å². The lowest BCUT2D eigenvalue weighted by atomic mass is 10.2. The number of para-hydroxylation sites is 1. The van der Waals surface area contributed by atoms with E-state index in [9.17, 15) is 10.0 Å². The first kappa shape index (κ1) is 13.3. The number of aromatic nitrogens is 1. The minimum absolute atomic E-state index is 0.205. The fraction of sp³-hybridized carbons (Fsp3) is 0.0588. The van der Waals surface area contributed by atoms with E-state index in [0.717, 1.165) is 16.5 Å². The highest BCUT2D eigenvalue weighted by Gasteiger charge is 2.17. The molecule has 0 saturated heterocycles. The van der Waals surface area contributed by atoms with Gasteiger partial charge in [0.1, 0.15) is 5.69 Å². The van der Waals surface area contributed by atoms with Crippen LogP contribution < -0.4 is 5.06 Å². The maximum absolute atomic E-state index is 12.3. The molecule has 3 aromatic rings. The topological polar surface area (TPSA) is 53.4 Å². The number of hydrogen-bond donors (Lipinski definition) is 1. The van der Waals surface area contributed by atoms with E-state index < -0.39 is 5.91 Å². The minimum atomic E-state index is -0.551. The molecule has 0 bridgehead atoms. The van der Waals surface area contributed by atoms with Crippen molar-refractivity contribution in [2.45, 2.75) is 6.92 Å². The summed E-state index contributed by atoms with van der Waals surface area (Å²) in [5, 5.41) is 11.6. The molecule has 0 unspecified atom stereocenters. The number of rotatable bonds is 2. The first-order valence-corrected chi connectivity index (χ1v) is 6.61. The summed E-state index contributed by atoms with van der Waals surface area (Å²) in [6.07, 6.45) is 0. The number of anilines is 1. The first-order chi connectivity index (χ1) is 10.1. The number of nitrogens with zero attached hydrogens (tertiary/aromatic N) is 2. The number of hydrogen-bond acceptors (Lipinski definition) is 3. The molecule has 0 atom stereocenters. The molecule has 1 aromatic heterocycles. The Morgan fingerprint density at radius 3 is 2.48 bits per heavy atom. The Hall–Kier alpha value is -2.72. The SMILES string of the molecule is Cc1ccc(N(O)C(=O)c2ccc3ccccc3n2)cc1. The number of pyridine rings is 1. The van der Waals surface area contributed by atoms with E-state index in [0.29, 0.717) is 10.8 Å². The molecule has 0 spiro atoms. The highest BCUT2D eigenvalue weighted by atomic mass is 16.5. The summed E-state index contributed by atoms with van der Waals surface area (Å²) in [6.45, 7) is 1.94. The van der Waals surface area contributed by atoms with Gasteiger partial charge in [0.2, 0.25) is 0 Å². The van der Waals surface area contributed by atoms with Crippen LogP contribution in [0.25, 0.3) is 10.9 Å². The molecular formula is C17H14N2O2. The summed E-state index contributed by atoms with van der Waals surface area (Å²) in [5.74, 6) is -0.551. The maximum atomic E-state index is 12.3. The smallest absolute Gasteiger partial charge is 0.281 e. The van der Waals surface area contributed by atoms with Crippen LogP contribution in [0.3, 0.4) is 0 Å². The number of fused-ring (bicyclic) bond motifs is 1. The Kier molecular flexibility index (Phi) is 3.38. The van der Waals surface area contributed by atoms with Gasteiger partial charge in [0.05, 0.1) is 11.2 Å². The van der Waals surface area contributed by atoms with E-state index in [1.54, 1.807) is 18.2 Å². The molecule has 1 amide bonds. The summed E-state index contributed by atoms with van der Waals surface area (Å²) in [6, 6.07) is 18.0. The van der Waals surface area contributed by atoms with E-state index in [-0.39, 0.29) is 5.69 Å². The summed E-state index contributed by atoms with van der Waals surface area (Å²) >= 11 is 0. The van der Waals surface area contributed by atoms with E-state index in [4.69, 9.17) is 0 Å². The van der Waals surface area contributed by atoms with Crippen LogP contribution in [0.4, 0.5) is 5.69 Å². The Morgan fingerprint density at radius 2 is 1.71 bits per heavy atom. The van der Waals surface area contributed by atoms with Gasteiger partial charge in [0, 0.05) is 5.39 Å². The Labute approximate surface area is 122 Å². The molecule has 1 heterocycles. The van der Waals surface area contributed by atoms with Gasteiger partial charge in [-0.1, -0.05) is 42.0 Å². The molecule has 2 aromatic carbocycles. The molecule has 0 aliphatic rings. The highest BCUT2D eigenvalue weighted by molar-refractivity contribution is 6.04. The van der Waals surface area contributed by atoms with Gasteiger partial charge in [-0.05, 0) is 31.2 Å². The number of amides is 1. The molecule has 1 N–H and O–H groups in total. The van der Waals surface area contributed by atoms with Crippen molar-refractivity contribution in [3.05, 3.63) is 71.9 Å². The third kappa shape index (κ3) is 2.61. The number of carbonyl (C=O) groups excluding carboxylic acids is 1. The second-order valence-corrected chi connectivity index (χ2v) is 4.84. The number of benzene rings is 2. The van der Waals surface area contributed by atoms with Crippen LogP contribution in [0.15, 0.2) is 60.7 Å². The molecule has 0 aliphatic heterocycles. The number of hydroxylamine groups is 1. The Morgan fingerprint density at radius 1 is 1.00 bits per heavy atom. The third-order valence-corrected chi connectivity index (χ3v) is 3.29. The quantitative estimate of drug-likeness (QED) is 0.576. The monoisotopic (exact) mass is 278 g/mol. The van der Waals surface area contributed by atoms with Crippen LogP contribution in [0, 0.1) is 6.92 Å². The fourth-order valence-corrected chi connectivity index (χ4v) is 2.10. The fourth-order valence-electron chi connectivity index (χ4n) is 2.10. The van der Waals surface area contributed by atoms with Gasteiger partial charge in [-0.15, -0.1) is 0 Å². The van der Waals surface area contributed by atoms with Gasteiger partial charge >= 0.3 is 5.91 Å². The normalized spacial score (nSPS) is 10.6. The average Bonchev–Trinajstić information content (AvgIpc) is 2.54. The summed E-state index contributed by atoms with van der Waals surface area (Å²) in [5.41, 5.74) is 2.40. The van der Waals surface area contributed by atoms with Gasteiger partial charge < -0.3 is 0 Å². The molecule has 0 fully saturated rings. The predicted octanol–water partition coefficient (Wildman–Crippen LogP) is 3.58. The van der Waals surface area contributed by atoms with Crippen molar-refractivity contribution in [1.82, 2.24) is 4.98 Å². The van der Waals surface area contributed by atoms with Gasteiger partial charge in [-0.25, -0.2) is 4.98 Å². The molecule has 4 heteroatoms. The van der Waals surface area contributed by atoms with E-state index >= 15 is 0 Å². The van der Waals surface area contributed by atoms with Crippen molar-refractivity contribution in [3.63, 3.8) is 0 Å². The van der Waals surface area contributed by atoms with E-state index in [2.05, 4.69) is 4.98 Å². The van der Waals surface area contributed by atoms with Crippen molar-refractivity contribution in [1.29, 1.82) is 0 Å². The molecule has 0 saturated carbocycles. The van der Waals surface area contributed by atoms with Gasteiger partial charge in [0.25, 0.3) is 0 Å². The molecule has 0 radical (unpaired) electrons. The van der Waals surface area contributed by atoms with Gasteiger partial charge in [-0.2, -0.15) is 5.06 Å². The van der Waals surface area contributed by atoms with Crippen LogP contribution >= 0.6 is 0 Å². The van der Waals surface area contributed by atoms with Crippen LogP contribution in [0.1, 0.15) is 16.1 Å². The van der Waals surface area contributed by atoms with Gasteiger partial charge in [-0.3, -0.25) is 10.0 Å². The molecule has 4 nitrogen and oxygen atoms in total. The van der Waals surface area contributed by atoms with Crippen LogP contribution in [0.5, 0.6) is 0 Å². The standard InChI is InChI=1S/C17H14N2O2/c1-12-6-9-14(10-7-12)19(21)17(20)16-11-8-13-4-2-3-5-15(13)18-16/h2-11,21H,1H3. The maximum Gasteiger partial charge on any atom is 0.300 e. The van der Waals surface area contributed by atoms with E-state index in [1.165, 1.54) is 0 Å². The van der Waals surface area contributed by atoms with Crippen molar-refractivity contribution >= 4 is 22.5 Å². The number of carbonyl (C=O) groups is 1. The lowest BCUT2D eigenvalue weighted by Crippen LogP contribution is -2.27. The van der Waals surface area contributed by atoms with Crippen LogP contribution in [-0.2, 0) is 0 Å². The van der Waals surface area contributed by atoms with Gasteiger partial charge in [0.15, 0.2) is 0 Å². The lowest BCUT2D eigenvalue weighted by molar-refractivity contribution is 0.0850. The number of aryl methyl sites for hydroxylation is 1. The van der Waals surface area contributed by atoms with Crippen molar-refractivity contribution < 1.29 is 10.0 Å². The summed E-state index contributed by atoms with van der Waals surface area (Å²) < 4.78 is 0. The molecule has 104 valence electrons. The highest BCUT2D eigenvalue weighted by Crippen LogP contribution is 2.17. The summed E-state index contributed by atoms with van der Waals surface area (Å²) in [7, 11) is 0. The lowest BCUT2D eigenvalue weighted by Gasteiger charge is -2.14. The Balaban J connectivity index is 1.94. The zero-order valence-corrected chi connectivity index (χ0v) is 11.5. The summed E-state index contributed by atoms with van der Waals surface area (Å²) in [4.78, 5) is 16.6. The second kappa shape index (κ2) is 5.34. The molecule has 0 aliphatic carbocycles. The predicted molar refractivity (Wildman–Crippen MR) is 81.5 cm³/mol. The zero-order chi connectivity index (χ0) is 14.8. The largest absolute Gasteiger partial charge is 0.300 e.